The minimum atomic E-state index is -0.262. The van der Waals surface area contributed by atoms with Crippen LogP contribution in [-0.2, 0) is 17.6 Å². The minimum absolute atomic E-state index is 0.108. The number of hydrogen-bond acceptors (Lipinski definition) is 2. The number of amides is 1. The normalized spacial score (nSPS) is 10.8. The summed E-state index contributed by atoms with van der Waals surface area (Å²) in [5.41, 5.74) is 3.66. The van der Waals surface area contributed by atoms with Crippen molar-refractivity contribution < 1.29 is 9.18 Å². The van der Waals surface area contributed by atoms with Gasteiger partial charge in [-0.2, -0.15) is 5.10 Å². The van der Waals surface area contributed by atoms with Crippen molar-refractivity contribution in [2.24, 2.45) is 0 Å². The Kier molecular flexibility index (Phi) is 6.82. The largest absolute Gasteiger partial charge is 0.346 e. The summed E-state index contributed by atoms with van der Waals surface area (Å²) in [6.07, 6.45) is 2.71. The Balaban J connectivity index is 1.43. The Bertz CT molecular complexity index is 924. The molecule has 0 radical (unpaired) electrons. The molecule has 1 heterocycles. The topological polar surface area (TPSA) is 49.0 Å². The van der Waals surface area contributed by atoms with Gasteiger partial charge in [-0.3, -0.25) is 9.89 Å². The van der Waals surface area contributed by atoms with Crippen LogP contribution in [0.25, 0.3) is 11.3 Å². The van der Waals surface area contributed by atoms with E-state index in [-0.39, 0.29) is 11.7 Å². The molecule has 0 aliphatic heterocycles. The van der Waals surface area contributed by atoms with Crippen molar-refractivity contribution in [2.75, 3.05) is 13.6 Å². The van der Waals surface area contributed by atoms with Crippen LogP contribution in [-0.4, -0.2) is 34.6 Å². The fourth-order valence-electron chi connectivity index (χ4n) is 3.02. The molecule has 0 saturated heterocycles. The molecule has 1 aromatic heterocycles. The summed E-state index contributed by atoms with van der Waals surface area (Å²) in [7, 11) is 1.83. The van der Waals surface area contributed by atoms with Crippen molar-refractivity contribution in [2.45, 2.75) is 25.7 Å². The van der Waals surface area contributed by atoms with Crippen LogP contribution in [0.3, 0.4) is 0 Å². The van der Waals surface area contributed by atoms with Crippen molar-refractivity contribution in [3.63, 3.8) is 0 Å². The average molecular weight is 400 g/mol. The van der Waals surface area contributed by atoms with E-state index in [1.165, 1.54) is 12.1 Å². The molecule has 0 bridgehead atoms. The molecule has 0 saturated carbocycles. The number of H-pyrrole nitrogens is 1. The lowest BCUT2D eigenvalue weighted by molar-refractivity contribution is -0.129. The Labute approximate surface area is 169 Å². The standard InChI is InChI=1S/C22H23ClFN3O/c1-27(22(28)13-10-16-5-2-3-7-20(16)23)14-4-6-19-15-21(26-25-19)17-8-11-18(24)12-9-17/h2-3,5,7-9,11-12,15H,4,6,10,13-14H2,1H3,(H,25,26). The molecule has 6 heteroatoms. The number of hydrogen-bond donors (Lipinski definition) is 1. The minimum Gasteiger partial charge on any atom is -0.346 e. The zero-order chi connectivity index (χ0) is 19.9. The van der Waals surface area contributed by atoms with Crippen LogP contribution in [0.15, 0.2) is 54.6 Å². The van der Waals surface area contributed by atoms with Gasteiger partial charge in [-0.1, -0.05) is 29.8 Å². The number of rotatable bonds is 8. The predicted molar refractivity (Wildman–Crippen MR) is 110 cm³/mol. The van der Waals surface area contributed by atoms with E-state index in [0.29, 0.717) is 24.4 Å². The van der Waals surface area contributed by atoms with E-state index in [0.717, 1.165) is 35.4 Å². The van der Waals surface area contributed by atoms with E-state index in [2.05, 4.69) is 10.2 Å². The summed E-state index contributed by atoms with van der Waals surface area (Å²) in [4.78, 5) is 14.1. The Morgan fingerprint density at radius 3 is 2.64 bits per heavy atom. The van der Waals surface area contributed by atoms with Gasteiger partial charge >= 0.3 is 0 Å². The maximum Gasteiger partial charge on any atom is 0.222 e. The van der Waals surface area contributed by atoms with Crippen molar-refractivity contribution in [3.8, 4) is 11.3 Å². The van der Waals surface area contributed by atoms with E-state index in [9.17, 15) is 9.18 Å². The Morgan fingerprint density at radius 1 is 1.14 bits per heavy atom. The zero-order valence-electron chi connectivity index (χ0n) is 15.8. The first-order valence-electron chi connectivity index (χ1n) is 9.30. The molecule has 0 aliphatic carbocycles. The molecular weight excluding hydrogens is 377 g/mol. The molecule has 1 N–H and O–H groups in total. The highest BCUT2D eigenvalue weighted by Gasteiger charge is 2.11. The summed E-state index contributed by atoms with van der Waals surface area (Å²) >= 11 is 6.14. The van der Waals surface area contributed by atoms with Crippen LogP contribution in [0.1, 0.15) is 24.1 Å². The van der Waals surface area contributed by atoms with Gasteiger partial charge in [-0.25, -0.2) is 4.39 Å². The molecule has 1 amide bonds. The lowest BCUT2D eigenvalue weighted by Gasteiger charge is -2.17. The molecule has 2 aromatic carbocycles. The first-order chi connectivity index (χ1) is 13.5. The first kappa shape index (κ1) is 20.1. The maximum atomic E-state index is 13.0. The number of nitrogens with zero attached hydrogens (tertiary/aromatic N) is 2. The SMILES string of the molecule is CN(CCCc1cc(-c2ccc(F)cc2)n[nH]1)C(=O)CCc1ccccc1Cl. The highest BCUT2D eigenvalue weighted by Crippen LogP contribution is 2.19. The highest BCUT2D eigenvalue weighted by molar-refractivity contribution is 6.31. The summed E-state index contributed by atoms with van der Waals surface area (Å²) in [5.74, 6) is -0.154. The number of carbonyl (C=O) groups excluding carboxylic acids is 1. The van der Waals surface area contributed by atoms with Gasteiger partial charge < -0.3 is 4.90 Å². The third-order valence-electron chi connectivity index (χ3n) is 4.70. The molecule has 4 nitrogen and oxygen atoms in total. The quantitative estimate of drug-likeness (QED) is 0.586. The van der Waals surface area contributed by atoms with Crippen LogP contribution >= 0.6 is 11.6 Å². The van der Waals surface area contributed by atoms with Gasteiger partial charge in [-0.15, -0.1) is 0 Å². The zero-order valence-corrected chi connectivity index (χ0v) is 16.5. The number of benzene rings is 2. The summed E-state index contributed by atoms with van der Waals surface area (Å²) in [6, 6.07) is 15.8. The smallest absolute Gasteiger partial charge is 0.222 e. The molecular formula is C22H23ClFN3O. The molecule has 3 aromatic rings. The van der Waals surface area contributed by atoms with Crippen LogP contribution in [0, 0.1) is 5.82 Å². The number of aryl methyl sites for hydroxylation is 2. The highest BCUT2D eigenvalue weighted by atomic mass is 35.5. The van der Waals surface area contributed by atoms with E-state index in [4.69, 9.17) is 11.6 Å². The molecule has 0 atom stereocenters. The van der Waals surface area contributed by atoms with Crippen molar-refractivity contribution >= 4 is 17.5 Å². The number of nitrogens with one attached hydrogen (secondary N) is 1. The number of aromatic amines is 1. The van der Waals surface area contributed by atoms with Gasteiger partial charge in [0.1, 0.15) is 5.82 Å². The summed E-state index contributed by atoms with van der Waals surface area (Å²) in [6.45, 7) is 0.673. The van der Waals surface area contributed by atoms with E-state index in [1.807, 2.05) is 37.4 Å². The molecule has 0 aliphatic rings. The third-order valence-corrected chi connectivity index (χ3v) is 5.07. The third kappa shape index (κ3) is 5.42. The van der Waals surface area contributed by atoms with E-state index >= 15 is 0 Å². The van der Waals surface area contributed by atoms with Gasteiger partial charge in [0.2, 0.25) is 5.91 Å². The number of carbonyl (C=O) groups is 1. The fraction of sp³-hybridized carbons (Fsp3) is 0.273. The second-order valence-electron chi connectivity index (χ2n) is 6.80. The molecule has 28 heavy (non-hydrogen) atoms. The van der Waals surface area contributed by atoms with Gasteiger partial charge in [0.05, 0.1) is 5.69 Å². The predicted octanol–water partition coefficient (Wildman–Crippen LogP) is 4.89. The van der Waals surface area contributed by atoms with Crippen LogP contribution in [0.5, 0.6) is 0 Å². The van der Waals surface area contributed by atoms with Gasteiger partial charge in [0.25, 0.3) is 0 Å². The van der Waals surface area contributed by atoms with Crippen molar-refractivity contribution in [3.05, 3.63) is 76.7 Å². The molecule has 146 valence electrons. The van der Waals surface area contributed by atoms with Gasteiger partial charge in [0, 0.05) is 36.3 Å². The lowest BCUT2D eigenvalue weighted by atomic mass is 10.1. The first-order valence-corrected chi connectivity index (χ1v) is 9.68. The van der Waals surface area contributed by atoms with Crippen molar-refractivity contribution in [1.82, 2.24) is 15.1 Å². The van der Waals surface area contributed by atoms with Crippen molar-refractivity contribution in [1.29, 1.82) is 0 Å². The van der Waals surface area contributed by atoms with E-state index < -0.39 is 0 Å². The second-order valence-corrected chi connectivity index (χ2v) is 7.20. The number of halogens is 2. The summed E-state index contributed by atoms with van der Waals surface area (Å²) < 4.78 is 13.0. The van der Waals surface area contributed by atoms with Crippen LogP contribution < -0.4 is 0 Å². The van der Waals surface area contributed by atoms with Gasteiger partial charge in [-0.05, 0) is 61.2 Å². The van der Waals surface area contributed by atoms with Crippen LogP contribution in [0.4, 0.5) is 4.39 Å². The van der Waals surface area contributed by atoms with Crippen LogP contribution in [0.2, 0.25) is 5.02 Å². The van der Waals surface area contributed by atoms with Gasteiger partial charge in [0.15, 0.2) is 0 Å². The van der Waals surface area contributed by atoms with E-state index in [1.54, 1.807) is 17.0 Å². The lowest BCUT2D eigenvalue weighted by Crippen LogP contribution is -2.28. The average Bonchev–Trinajstić information content (AvgIpc) is 3.16. The molecule has 0 unspecified atom stereocenters. The second kappa shape index (κ2) is 9.51. The fourth-order valence-corrected chi connectivity index (χ4v) is 3.25. The number of aromatic nitrogens is 2. The molecule has 0 fully saturated rings. The monoisotopic (exact) mass is 399 g/mol. The Morgan fingerprint density at radius 2 is 1.89 bits per heavy atom. The maximum absolute atomic E-state index is 13.0. The molecule has 3 rings (SSSR count). The Hall–Kier alpha value is -2.66. The summed E-state index contributed by atoms with van der Waals surface area (Å²) in [5, 5.41) is 8.00. The molecule has 0 spiro atoms.